The zero-order chi connectivity index (χ0) is 10.7. The Labute approximate surface area is 88.2 Å². The zero-order valence-corrected chi connectivity index (χ0v) is 8.44. The van der Waals surface area contributed by atoms with Crippen molar-refractivity contribution in [2.24, 2.45) is 0 Å². The van der Waals surface area contributed by atoms with Crippen LogP contribution in [0.4, 0.5) is 11.4 Å². The summed E-state index contributed by atoms with van der Waals surface area (Å²) in [6.07, 6.45) is 3.43. The number of nitrogens with one attached hydrogen (secondary N) is 1. The van der Waals surface area contributed by atoms with Crippen molar-refractivity contribution < 1.29 is 0 Å². The average molecular weight is 200 g/mol. The SMILES string of the molecule is CNc1cccnc1-c1ncccc1N. The summed E-state index contributed by atoms with van der Waals surface area (Å²) in [5.74, 6) is 0. The Kier molecular flexibility index (Phi) is 2.49. The van der Waals surface area contributed by atoms with Crippen LogP contribution in [-0.2, 0) is 0 Å². The van der Waals surface area contributed by atoms with Gasteiger partial charge in [0.2, 0.25) is 0 Å². The Morgan fingerprint density at radius 3 is 2.40 bits per heavy atom. The highest BCUT2D eigenvalue weighted by atomic mass is 14.9. The maximum atomic E-state index is 5.85. The predicted octanol–water partition coefficient (Wildman–Crippen LogP) is 1.77. The third-order valence-electron chi connectivity index (χ3n) is 2.14. The second-order valence-electron chi connectivity index (χ2n) is 3.09. The molecule has 2 aromatic heterocycles. The maximum absolute atomic E-state index is 5.85. The first-order valence-electron chi connectivity index (χ1n) is 4.66. The van der Waals surface area contributed by atoms with Crippen molar-refractivity contribution in [1.29, 1.82) is 0 Å². The van der Waals surface area contributed by atoms with E-state index in [4.69, 9.17) is 5.73 Å². The molecule has 0 spiro atoms. The highest BCUT2D eigenvalue weighted by Crippen LogP contribution is 2.27. The fraction of sp³-hybridized carbons (Fsp3) is 0.0909. The Hall–Kier alpha value is -2.10. The molecule has 0 atom stereocenters. The van der Waals surface area contributed by atoms with Crippen LogP contribution in [0.5, 0.6) is 0 Å². The summed E-state index contributed by atoms with van der Waals surface area (Å²) in [4.78, 5) is 8.51. The summed E-state index contributed by atoms with van der Waals surface area (Å²) in [5, 5.41) is 3.06. The minimum atomic E-state index is 0.632. The van der Waals surface area contributed by atoms with E-state index in [1.165, 1.54) is 0 Å². The summed E-state index contributed by atoms with van der Waals surface area (Å²) in [5.41, 5.74) is 8.88. The number of rotatable bonds is 2. The fourth-order valence-electron chi connectivity index (χ4n) is 1.41. The van der Waals surface area contributed by atoms with Gasteiger partial charge in [-0.1, -0.05) is 0 Å². The number of anilines is 2. The van der Waals surface area contributed by atoms with E-state index in [2.05, 4.69) is 15.3 Å². The van der Waals surface area contributed by atoms with Crippen LogP contribution < -0.4 is 11.1 Å². The Balaban J connectivity index is 2.59. The van der Waals surface area contributed by atoms with Gasteiger partial charge < -0.3 is 11.1 Å². The van der Waals surface area contributed by atoms with Crippen LogP contribution in [0.2, 0.25) is 0 Å². The lowest BCUT2D eigenvalue weighted by atomic mass is 10.2. The molecule has 0 aliphatic heterocycles. The van der Waals surface area contributed by atoms with Gasteiger partial charge in [-0.2, -0.15) is 0 Å². The monoisotopic (exact) mass is 200 g/mol. The van der Waals surface area contributed by atoms with E-state index in [0.29, 0.717) is 11.4 Å². The fourth-order valence-corrected chi connectivity index (χ4v) is 1.41. The second-order valence-corrected chi connectivity index (χ2v) is 3.09. The van der Waals surface area contributed by atoms with Crippen molar-refractivity contribution in [3.8, 4) is 11.4 Å². The lowest BCUT2D eigenvalue weighted by molar-refractivity contribution is 1.24. The van der Waals surface area contributed by atoms with Crippen LogP contribution in [0.3, 0.4) is 0 Å². The maximum Gasteiger partial charge on any atom is 0.114 e. The van der Waals surface area contributed by atoms with Crippen molar-refractivity contribution in [1.82, 2.24) is 9.97 Å². The Bertz CT molecular complexity index is 468. The summed E-state index contributed by atoms with van der Waals surface area (Å²) in [7, 11) is 1.85. The summed E-state index contributed by atoms with van der Waals surface area (Å²) in [6, 6.07) is 7.43. The van der Waals surface area contributed by atoms with Gasteiger partial charge in [0.1, 0.15) is 11.4 Å². The minimum Gasteiger partial charge on any atom is -0.397 e. The van der Waals surface area contributed by atoms with Gasteiger partial charge in [-0.05, 0) is 24.3 Å². The van der Waals surface area contributed by atoms with E-state index in [-0.39, 0.29) is 0 Å². The quantitative estimate of drug-likeness (QED) is 0.775. The first kappa shape index (κ1) is 9.45. The van der Waals surface area contributed by atoms with Crippen molar-refractivity contribution in [2.75, 3.05) is 18.1 Å². The molecule has 2 heterocycles. The van der Waals surface area contributed by atoms with Crippen molar-refractivity contribution in [3.63, 3.8) is 0 Å². The molecule has 0 fully saturated rings. The third-order valence-corrected chi connectivity index (χ3v) is 2.14. The largest absolute Gasteiger partial charge is 0.397 e. The van der Waals surface area contributed by atoms with Crippen LogP contribution in [0, 0.1) is 0 Å². The Morgan fingerprint density at radius 2 is 1.73 bits per heavy atom. The molecule has 0 saturated carbocycles. The van der Waals surface area contributed by atoms with Gasteiger partial charge >= 0.3 is 0 Å². The van der Waals surface area contributed by atoms with E-state index in [1.54, 1.807) is 18.5 Å². The molecule has 0 aliphatic carbocycles. The van der Waals surface area contributed by atoms with E-state index in [9.17, 15) is 0 Å². The van der Waals surface area contributed by atoms with Gasteiger partial charge in [0.15, 0.2) is 0 Å². The molecule has 2 rings (SSSR count). The van der Waals surface area contributed by atoms with Gasteiger partial charge in [-0.15, -0.1) is 0 Å². The van der Waals surface area contributed by atoms with E-state index in [1.807, 2.05) is 25.2 Å². The first-order chi connectivity index (χ1) is 7.33. The molecule has 76 valence electrons. The van der Waals surface area contributed by atoms with Crippen LogP contribution in [0.1, 0.15) is 0 Å². The number of pyridine rings is 2. The molecule has 0 aromatic carbocycles. The van der Waals surface area contributed by atoms with Crippen LogP contribution in [0.25, 0.3) is 11.4 Å². The van der Waals surface area contributed by atoms with Crippen LogP contribution in [-0.4, -0.2) is 17.0 Å². The number of aromatic nitrogens is 2. The molecular formula is C11H12N4. The average Bonchev–Trinajstić information content (AvgIpc) is 2.30. The van der Waals surface area contributed by atoms with Crippen molar-refractivity contribution in [2.45, 2.75) is 0 Å². The topological polar surface area (TPSA) is 63.8 Å². The standard InChI is InChI=1S/C11H12N4/c1-13-9-5-3-7-15-11(9)10-8(12)4-2-6-14-10/h2-7,13H,12H2,1H3. The van der Waals surface area contributed by atoms with Crippen molar-refractivity contribution >= 4 is 11.4 Å². The molecule has 0 saturated heterocycles. The number of nitrogens with two attached hydrogens (primary N) is 1. The molecule has 3 N–H and O–H groups in total. The van der Waals surface area contributed by atoms with Crippen LogP contribution in [0.15, 0.2) is 36.7 Å². The lowest BCUT2D eigenvalue weighted by Gasteiger charge is -2.08. The normalized spacial score (nSPS) is 9.93. The van der Waals surface area contributed by atoms with Gasteiger partial charge in [-0.25, -0.2) is 0 Å². The van der Waals surface area contributed by atoms with Gasteiger partial charge in [0.25, 0.3) is 0 Å². The number of hydrogen-bond acceptors (Lipinski definition) is 4. The highest BCUT2D eigenvalue weighted by Gasteiger charge is 2.08. The molecule has 0 amide bonds. The molecule has 0 unspecified atom stereocenters. The zero-order valence-electron chi connectivity index (χ0n) is 8.44. The minimum absolute atomic E-state index is 0.632. The lowest BCUT2D eigenvalue weighted by Crippen LogP contribution is -1.98. The van der Waals surface area contributed by atoms with Crippen molar-refractivity contribution in [3.05, 3.63) is 36.7 Å². The molecule has 0 radical (unpaired) electrons. The van der Waals surface area contributed by atoms with E-state index in [0.717, 1.165) is 11.4 Å². The van der Waals surface area contributed by atoms with E-state index >= 15 is 0 Å². The van der Waals surface area contributed by atoms with Crippen LogP contribution >= 0.6 is 0 Å². The predicted molar refractivity (Wildman–Crippen MR) is 61.4 cm³/mol. The Morgan fingerprint density at radius 1 is 1.07 bits per heavy atom. The van der Waals surface area contributed by atoms with Gasteiger partial charge in [0, 0.05) is 19.4 Å². The summed E-state index contributed by atoms with van der Waals surface area (Å²) < 4.78 is 0. The van der Waals surface area contributed by atoms with Gasteiger partial charge in [0.05, 0.1) is 11.4 Å². The summed E-state index contributed by atoms with van der Waals surface area (Å²) in [6.45, 7) is 0. The molecule has 2 aromatic rings. The number of nitrogens with zero attached hydrogens (tertiary/aromatic N) is 2. The third kappa shape index (κ3) is 1.74. The van der Waals surface area contributed by atoms with E-state index < -0.39 is 0 Å². The first-order valence-corrected chi connectivity index (χ1v) is 4.66. The molecule has 0 bridgehead atoms. The smallest absolute Gasteiger partial charge is 0.114 e. The van der Waals surface area contributed by atoms with Gasteiger partial charge in [-0.3, -0.25) is 9.97 Å². The molecular weight excluding hydrogens is 188 g/mol. The molecule has 0 aliphatic rings. The molecule has 15 heavy (non-hydrogen) atoms. The molecule has 4 nitrogen and oxygen atoms in total. The summed E-state index contributed by atoms with van der Waals surface area (Å²) >= 11 is 0. The number of hydrogen-bond donors (Lipinski definition) is 2. The highest BCUT2D eigenvalue weighted by molar-refractivity contribution is 5.78. The number of nitrogen functional groups attached to an aromatic ring is 1. The second kappa shape index (κ2) is 3.96. The molecule has 4 heteroatoms.